The van der Waals surface area contributed by atoms with E-state index in [-0.39, 0.29) is 12.0 Å². The SMILES string of the molecule is CC(C)CN(Sc1ccc2c(c1)C(O)CC(C1CCOCC1)O2)c1ccc(F)cc1F.CC1CCC1.CCOC. The number of ether oxygens (including phenoxy) is 3. The first kappa shape index (κ1) is 32.6. The maximum Gasteiger partial charge on any atom is 0.150 e. The second kappa shape index (κ2) is 16.5. The molecule has 1 saturated carbocycles. The molecule has 5 rings (SSSR count). The average Bonchev–Trinajstić information content (AvgIpc) is 2.92. The average molecular weight is 580 g/mol. The fourth-order valence-electron chi connectivity index (χ4n) is 4.83. The third-order valence-corrected chi connectivity index (χ3v) is 8.50. The lowest BCUT2D eigenvalue weighted by atomic mass is 9.87. The predicted octanol–water partition coefficient (Wildman–Crippen LogP) is 8.20. The molecule has 0 aromatic heterocycles. The number of benzene rings is 2. The van der Waals surface area contributed by atoms with Gasteiger partial charge in [-0.05, 0) is 73.9 Å². The van der Waals surface area contributed by atoms with Gasteiger partial charge in [-0.25, -0.2) is 8.78 Å². The van der Waals surface area contributed by atoms with Crippen molar-refractivity contribution in [2.45, 2.75) is 83.3 Å². The van der Waals surface area contributed by atoms with E-state index in [0.29, 0.717) is 30.3 Å². The molecule has 2 unspecified atom stereocenters. The maximum atomic E-state index is 14.4. The number of methoxy groups -OCH3 is 1. The molecule has 2 fully saturated rings. The predicted molar refractivity (Wildman–Crippen MR) is 159 cm³/mol. The van der Waals surface area contributed by atoms with Crippen molar-refractivity contribution in [2.24, 2.45) is 17.8 Å². The van der Waals surface area contributed by atoms with Crippen LogP contribution in [0.2, 0.25) is 0 Å². The number of halogens is 2. The summed E-state index contributed by atoms with van der Waals surface area (Å²) in [7, 11) is 1.68. The van der Waals surface area contributed by atoms with Crippen LogP contribution >= 0.6 is 11.9 Å². The quantitative estimate of drug-likeness (QED) is 0.334. The molecule has 2 aromatic carbocycles. The molecule has 1 aliphatic carbocycles. The molecule has 5 nitrogen and oxygen atoms in total. The van der Waals surface area contributed by atoms with Gasteiger partial charge >= 0.3 is 0 Å². The van der Waals surface area contributed by atoms with E-state index in [0.717, 1.165) is 55.1 Å². The lowest BCUT2D eigenvalue weighted by molar-refractivity contribution is -0.0151. The summed E-state index contributed by atoms with van der Waals surface area (Å²) in [5.41, 5.74) is 1.10. The highest BCUT2D eigenvalue weighted by Crippen LogP contribution is 2.42. The standard InChI is InChI=1S/C24H29F2NO3S.C5H10.C3H8O/c1-15(2)14-27(21-5-3-17(25)11-20(21)26)31-18-4-6-23-19(12-18)22(28)13-24(30-23)16-7-9-29-10-8-16;1-5-3-2-4-5;1-3-4-2/h3-6,11-12,15-16,22,24,28H,7-10,13-14H2,1-2H3;5H,2-4H2,1H3;3H2,1-2H3. The largest absolute Gasteiger partial charge is 0.490 e. The second-order valence-electron chi connectivity index (χ2n) is 11.3. The Hall–Kier alpha value is -1.87. The molecule has 2 aromatic rings. The number of nitrogens with zero attached hydrogens (tertiary/aromatic N) is 1. The molecule has 40 heavy (non-hydrogen) atoms. The van der Waals surface area contributed by atoms with E-state index in [1.165, 1.54) is 43.3 Å². The van der Waals surface area contributed by atoms with Crippen LogP contribution < -0.4 is 9.04 Å². The normalized spacial score (nSPS) is 20.7. The summed E-state index contributed by atoms with van der Waals surface area (Å²) in [6, 6.07) is 9.38. The number of aliphatic hydroxyl groups is 1. The van der Waals surface area contributed by atoms with Gasteiger partial charge in [0.25, 0.3) is 0 Å². The van der Waals surface area contributed by atoms with Gasteiger partial charge in [0, 0.05) is 62.3 Å². The molecule has 1 N–H and O–H groups in total. The van der Waals surface area contributed by atoms with E-state index in [1.807, 2.05) is 29.4 Å². The smallest absolute Gasteiger partial charge is 0.150 e. The van der Waals surface area contributed by atoms with Crippen LogP contribution in [-0.2, 0) is 9.47 Å². The lowest BCUT2D eigenvalue weighted by Gasteiger charge is -2.36. The maximum absolute atomic E-state index is 14.4. The van der Waals surface area contributed by atoms with E-state index in [4.69, 9.17) is 9.47 Å². The van der Waals surface area contributed by atoms with Gasteiger partial charge in [-0.3, -0.25) is 0 Å². The first-order valence-corrected chi connectivity index (χ1v) is 15.4. The molecule has 0 bridgehead atoms. The second-order valence-corrected chi connectivity index (χ2v) is 12.4. The van der Waals surface area contributed by atoms with E-state index in [9.17, 15) is 13.9 Å². The van der Waals surface area contributed by atoms with Gasteiger partial charge in [-0.15, -0.1) is 0 Å². The minimum atomic E-state index is -0.599. The number of hydrogen-bond donors (Lipinski definition) is 1. The Kier molecular flexibility index (Phi) is 13.5. The van der Waals surface area contributed by atoms with Crippen molar-refractivity contribution < 1.29 is 28.1 Å². The molecule has 2 aliphatic heterocycles. The molecule has 8 heteroatoms. The van der Waals surface area contributed by atoms with E-state index < -0.39 is 17.7 Å². The lowest BCUT2D eigenvalue weighted by Crippen LogP contribution is -2.36. The van der Waals surface area contributed by atoms with E-state index in [1.54, 1.807) is 7.11 Å². The molecule has 0 radical (unpaired) electrons. The van der Waals surface area contributed by atoms with Crippen LogP contribution in [0.15, 0.2) is 41.3 Å². The van der Waals surface area contributed by atoms with Crippen LogP contribution in [0.5, 0.6) is 5.75 Å². The van der Waals surface area contributed by atoms with Crippen molar-refractivity contribution in [3.63, 3.8) is 0 Å². The first-order chi connectivity index (χ1) is 19.2. The third-order valence-electron chi connectivity index (χ3n) is 7.47. The summed E-state index contributed by atoms with van der Waals surface area (Å²) in [4.78, 5) is 0.871. The van der Waals surface area contributed by atoms with Crippen molar-refractivity contribution in [3.05, 3.63) is 53.6 Å². The minimum Gasteiger partial charge on any atom is -0.490 e. The fraction of sp³-hybridized carbons (Fsp3) is 0.625. The molecule has 2 atom stereocenters. The van der Waals surface area contributed by atoms with Crippen molar-refractivity contribution in [2.75, 3.05) is 37.8 Å². The zero-order valence-corrected chi connectivity index (χ0v) is 25.5. The van der Waals surface area contributed by atoms with Gasteiger partial charge in [0.1, 0.15) is 23.5 Å². The van der Waals surface area contributed by atoms with Gasteiger partial charge in [0.2, 0.25) is 0 Å². The Bertz CT molecular complexity index is 1030. The summed E-state index contributed by atoms with van der Waals surface area (Å²) in [5, 5.41) is 10.8. The third kappa shape index (κ3) is 9.89. The Morgan fingerprint density at radius 2 is 1.75 bits per heavy atom. The summed E-state index contributed by atoms with van der Waals surface area (Å²) >= 11 is 1.38. The van der Waals surface area contributed by atoms with Crippen LogP contribution in [0.25, 0.3) is 0 Å². The van der Waals surface area contributed by atoms with E-state index >= 15 is 0 Å². The molecular formula is C32H47F2NO4S. The minimum absolute atomic E-state index is 0.00402. The number of anilines is 1. The number of fused-ring (bicyclic) bond motifs is 1. The molecule has 0 amide bonds. The van der Waals surface area contributed by atoms with Gasteiger partial charge in [0.15, 0.2) is 0 Å². The topological polar surface area (TPSA) is 51.2 Å². The molecule has 1 saturated heterocycles. The Balaban J connectivity index is 0.000000420. The summed E-state index contributed by atoms with van der Waals surface area (Å²) < 4.78 is 45.9. The van der Waals surface area contributed by atoms with Gasteiger partial charge < -0.3 is 23.6 Å². The van der Waals surface area contributed by atoms with E-state index in [2.05, 4.69) is 25.5 Å². The van der Waals surface area contributed by atoms with Crippen molar-refractivity contribution in [1.29, 1.82) is 0 Å². The number of hydrogen-bond acceptors (Lipinski definition) is 6. The van der Waals surface area contributed by atoms with Crippen LogP contribution in [-0.4, -0.2) is 44.7 Å². The van der Waals surface area contributed by atoms with Gasteiger partial charge in [-0.2, -0.15) is 0 Å². The van der Waals surface area contributed by atoms with Crippen LogP contribution in [0.3, 0.4) is 0 Å². The Morgan fingerprint density at radius 3 is 2.30 bits per heavy atom. The van der Waals surface area contributed by atoms with Crippen LogP contribution in [0.1, 0.15) is 77.9 Å². The summed E-state index contributed by atoms with van der Waals surface area (Å²) in [5.74, 6) is 1.27. The molecule has 3 aliphatic rings. The van der Waals surface area contributed by atoms with Gasteiger partial charge in [0.05, 0.1) is 11.8 Å². The number of rotatable bonds is 7. The molecular weight excluding hydrogens is 532 g/mol. The van der Waals surface area contributed by atoms with Crippen molar-refractivity contribution in [1.82, 2.24) is 0 Å². The zero-order valence-electron chi connectivity index (χ0n) is 24.7. The van der Waals surface area contributed by atoms with Crippen molar-refractivity contribution >= 4 is 17.6 Å². The first-order valence-electron chi connectivity index (χ1n) is 14.7. The molecule has 0 spiro atoms. The highest BCUT2D eigenvalue weighted by atomic mass is 32.2. The van der Waals surface area contributed by atoms with Crippen molar-refractivity contribution in [3.8, 4) is 5.75 Å². The fourth-order valence-corrected chi connectivity index (χ4v) is 6.01. The molecule has 2 heterocycles. The monoisotopic (exact) mass is 579 g/mol. The Morgan fingerprint density at radius 1 is 1.07 bits per heavy atom. The van der Waals surface area contributed by atoms with Crippen LogP contribution in [0, 0.1) is 29.4 Å². The van der Waals surface area contributed by atoms with Crippen LogP contribution in [0.4, 0.5) is 14.5 Å². The zero-order chi connectivity index (χ0) is 29.1. The number of aliphatic hydroxyl groups excluding tert-OH is 1. The summed E-state index contributed by atoms with van der Waals surface area (Å²) in [6.07, 6.45) is 6.33. The highest BCUT2D eigenvalue weighted by Gasteiger charge is 2.33. The highest BCUT2D eigenvalue weighted by molar-refractivity contribution is 8.00. The summed E-state index contributed by atoms with van der Waals surface area (Å²) in [6.45, 7) is 11.3. The Labute approximate surface area is 243 Å². The van der Waals surface area contributed by atoms with Gasteiger partial charge in [-0.1, -0.05) is 40.0 Å². The molecule has 224 valence electrons.